The zero-order valence-electron chi connectivity index (χ0n) is 11.9. The lowest BCUT2D eigenvalue weighted by molar-refractivity contribution is 0.103. The van der Waals surface area contributed by atoms with Crippen LogP contribution in [0, 0.1) is 0 Å². The van der Waals surface area contributed by atoms with Crippen molar-refractivity contribution in [3.63, 3.8) is 0 Å². The second-order valence-corrected chi connectivity index (χ2v) is 6.30. The van der Waals surface area contributed by atoms with Gasteiger partial charge in [0, 0.05) is 11.1 Å². The molecule has 20 heavy (non-hydrogen) atoms. The van der Waals surface area contributed by atoms with E-state index in [1.165, 1.54) is 5.56 Å². The largest absolute Gasteiger partial charge is 0.398 e. The highest BCUT2D eigenvalue weighted by Gasteiger charge is 2.15. The van der Waals surface area contributed by atoms with Crippen molar-refractivity contribution in [2.75, 3.05) is 5.73 Å². The molecule has 2 N–H and O–H groups in total. The highest BCUT2D eigenvalue weighted by Crippen LogP contribution is 2.24. The van der Waals surface area contributed by atoms with Gasteiger partial charge in [-0.15, -0.1) is 0 Å². The van der Waals surface area contributed by atoms with Gasteiger partial charge in [-0.25, -0.2) is 0 Å². The van der Waals surface area contributed by atoms with Crippen molar-refractivity contribution in [2.45, 2.75) is 26.2 Å². The topological polar surface area (TPSA) is 43.1 Å². The van der Waals surface area contributed by atoms with E-state index in [0.717, 1.165) is 0 Å². The predicted molar refractivity (Wildman–Crippen MR) is 84.4 cm³/mol. The Morgan fingerprint density at radius 2 is 1.55 bits per heavy atom. The summed E-state index contributed by atoms with van der Waals surface area (Å²) < 4.78 is 0. The van der Waals surface area contributed by atoms with Gasteiger partial charge in [0.05, 0.1) is 10.7 Å². The Morgan fingerprint density at radius 3 is 2.05 bits per heavy atom. The fourth-order valence-corrected chi connectivity index (χ4v) is 2.09. The lowest BCUT2D eigenvalue weighted by Crippen LogP contribution is -2.11. The number of nitrogen functional groups attached to an aromatic ring is 1. The molecule has 0 aliphatic carbocycles. The number of nitrogens with two attached hydrogens (primary N) is 1. The Labute approximate surface area is 124 Å². The van der Waals surface area contributed by atoms with Crippen molar-refractivity contribution in [2.24, 2.45) is 0 Å². The lowest BCUT2D eigenvalue weighted by Gasteiger charge is -2.19. The molecule has 0 spiro atoms. The molecule has 0 heterocycles. The van der Waals surface area contributed by atoms with Crippen LogP contribution in [0.4, 0.5) is 5.69 Å². The molecule has 0 saturated heterocycles. The zero-order chi connectivity index (χ0) is 14.9. The summed E-state index contributed by atoms with van der Waals surface area (Å²) >= 11 is 5.87. The first-order chi connectivity index (χ1) is 9.29. The van der Waals surface area contributed by atoms with E-state index in [1.54, 1.807) is 18.2 Å². The minimum atomic E-state index is -0.0474. The first-order valence-corrected chi connectivity index (χ1v) is 6.87. The standard InChI is InChI=1S/C17H18ClNO/c1-17(2,3)13-7-4-11(5-8-13)16(20)12-6-9-14(18)15(19)10-12/h4-10H,19H2,1-3H3. The van der Waals surface area contributed by atoms with E-state index >= 15 is 0 Å². The maximum atomic E-state index is 12.4. The van der Waals surface area contributed by atoms with Gasteiger partial charge in [0.15, 0.2) is 5.78 Å². The van der Waals surface area contributed by atoms with E-state index in [0.29, 0.717) is 21.8 Å². The molecule has 2 aromatic carbocycles. The van der Waals surface area contributed by atoms with Crippen molar-refractivity contribution in [1.29, 1.82) is 0 Å². The van der Waals surface area contributed by atoms with Crippen molar-refractivity contribution >= 4 is 23.1 Å². The quantitative estimate of drug-likeness (QED) is 0.655. The van der Waals surface area contributed by atoms with Crippen LogP contribution in [0.2, 0.25) is 5.02 Å². The Bertz CT molecular complexity index is 639. The molecule has 2 nitrogen and oxygen atoms in total. The number of benzene rings is 2. The van der Waals surface area contributed by atoms with Crippen molar-refractivity contribution < 1.29 is 4.79 Å². The molecule has 0 atom stereocenters. The maximum Gasteiger partial charge on any atom is 0.193 e. The van der Waals surface area contributed by atoms with Crippen LogP contribution < -0.4 is 5.73 Å². The van der Waals surface area contributed by atoms with E-state index in [1.807, 2.05) is 24.3 Å². The van der Waals surface area contributed by atoms with Gasteiger partial charge < -0.3 is 5.73 Å². The molecular weight excluding hydrogens is 270 g/mol. The normalized spacial score (nSPS) is 11.4. The molecule has 0 bridgehead atoms. The first kappa shape index (κ1) is 14.6. The number of ketones is 1. The van der Waals surface area contributed by atoms with Gasteiger partial charge in [-0.1, -0.05) is 56.6 Å². The number of carbonyl (C=O) groups excluding carboxylic acids is 1. The van der Waals surface area contributed by atoms with Crippen LogP contribution in [0.5, 0.6) is 0 Å². The number of anilines is 1. The summed E-state index contributed by atoms with van der Waals surface area (Å²) in [6.07, 6.45) is 0. The van der Waals surface area contributed by atoms with Crippen LogP contribution in [0.1, 0.15) is 42.3 Å². The summed E-state index contributed by atoms with van der Waals surface area (Å²) in [7, 11) is 0. The second kappa shape index (κ2) is 5.29. The Kier molecular flexibility index (Phi) is 3.87. The Morgan fingerprint density at radius 1 is 1.00 bits per heavy atom. The van der Waals surface area contributed by atoms with Crippen LogP contribution in [0.25, 0.3) is 0 Å². The summed E-state index contributed by atoms with van der Waals surface area (Å²) in [4.78, 5) is 12.4. The third-order valence-corrected chi connectivity index (χ3v) is 3.62. The molecule has 3 heteroatoms. The lowest BCUT2D eigenvalue weighted by atomic mass is 9.86. The number of rotatable bonds is 2. The highest BCUT2D eigenvalue weighted by atomic mass is 35.5. The maximum absolute atomic E-state index is 12.4. The van der Waals surface area contributed by atoms with Gasteiger partial charge in [-0.05, 0) is 29.2 Å². The van der Waals surface area contributed by atoms with E-state index in [4.69, 9.17) is 17.3 Å². The summed E-state index contributed by atoms with van der Waals surface area (Å²) in [5, 5.41) is 0.463. The zero-order valence-corrected chi connectivity index (χ0v) is 12.7. The minimum absolute atomic E-state index is 0.0474. The molecule has 0 aliphatic heterocycles. The molecule has 2 aromatic rings. The fourth-order valence-electron chi connectivity index (χ4n) is 1.97. The van der Waals surface area contributed by atoms with E-state index < -0.39 is 0 Å². The summed E-state index contributed by atoms with van der Waals surface area (Å²) in [6, 6.07) is 12.6. The van der Waals surface area contributed by atoms with Crippen molar-refractivity contribution in [3.8, 4) is 0 Å². The van der Waals surface area contributed by atoms with Crippen LogP contribution in [0.3, 0.4) is 0 Å². The number of halogens is 1. The third kappa shape index (κ3) is 3.02. The summed E-state index contributed by atoms with van der Waals surface area (Å²) in [6.45, 7) is 6.43. The molecule has 0 aliphatic rings. The Hall–Kier alpha value is -1.80. The van der Waals surface area contributed by atoms with Crippen molar-refractivity contribution in [3.05, 3.63) is 64.2 Å². The summed E-state index contributed by atoms with van der Waals surface area (Å²) in [5.74, 6) is -0.0474. The molecule has 104 valence electrons. The van der Waals surface area contributed by atoms with Crippen LogP contribution in [0.15, 0.2) is 42.5 Å². The van der Waals surface area contributed by atoms with E-state index in [9.17, 15) is 4.79 Å². The monoisotopic (exact) mass is 287 g/mol. The van der Waals surface area contributed by atoms with Gasteiger partial charge in [-0.3, -0.25) is 4.79 Å². The third-order valence-electron chi connectivity index (χ3n) is 3.27. The van der Waals surface area contributed by atoms with Gasteiger partial charge in [0.1, 0.15) is 0 Å². The average molecular weight is 288 g/mol. The number of carbonyl (C=O) groups is 1. The molecule has 0 unspecified atom stereocenters. The SMILES string of the molecule is CC(C)(C)c1ccc(C(=O)c2ccc(Cl)c(N)c2)cc1. The van der Waals surface area contributed by atoms with Gasteiger partial charge in [0.2, 0.25) is 0 Å². The molecule has 0 amide bonds. The molecule has 0 fully saturated rings. The second-order valence-electron chi connectivity index (χ2n) is 5.89. The van der Waals surface area contributed by atoms with E-state index in [-0.39, 0.29) is 11.2 Å². The molecule has 0 aromatic heterocycles. The molecule has 0 saturated carbocycles. The van der Waals surface area contributed by atoms with Crippen molar-refractivity contribution in [1.82, 2.24) is 0 Å². The summed E-state index contributed by atoms with van der Waals surface area (Å²) in [5.41, 5.74) is 8.63. The average Bonchev–Trinajstić information content (AvgIpc) is 2.40. The first-order valence-electron chi connectivity index (χ1n) is 6.49. The van der Waals surface area contributed by atoms with E-state index in [2.05, 4.69) is 20.8 Å². The predicted octanol–water partition coefficient (Wildman–Crippen LogP) is 4.45. The molecule has 2 rings (SSSR count). The van der Waals surface area contributed by atoms with Crippen LogP contribution in [-0.4, -0.2) is 5.78 Å². The molecule has 0 radical (unpaired) electrons. The fraction of sp³-hybridized carbons (Fsp3) is 0.235. The smallest absolute Gasteiger partial charge is 0.193 e. The minimum Gasteiger partial charge on any atom is -0.398 e. The van der Waals surface area contributed by atoms with Gasteiger partial charge in [-0.2, -0.15) is 0 Å². The van der Waals surface area contributed by atoms with Crippen LogP contribution in [-0.2, 0) is 5.41 Å². The highest BCUT2D eigenvalue weighted by molar-refractivity contribution is 6.33. The van der Waals surface area contributed by atoms with Crippen LogP contribution >= 0.6 is 11.6 Å². The number of hydrogen-bond donors (Lipinski definition) is 1. The van der Waals surface area contributed by atoms with Gasteiger partial charge >= 0.3 is 0 Å². The van der Waals surface area contributed by atoms with Gasteiger partial charge in [0.25, 0.3) is 0 Å². The molecular formula is C17H18ClNO. The Balaban J connectivity index is 2.31. The number of hydrogen-bond acceptors (Lipinski definition) is 2.